The normalized spacial score (nSPS) is 13.0. The highest BCUT2D eigenvalue weighted by molar-refractivity contribution is 6.88. The molecular formula is C30H27N2Si+. The van der Waals surface area contributed by atoms with E-state index in [4.69, 9.17) is 0 Å². The molecule has 0 saturated carbocycles. The maximum Gasteiger partial charge on any atom is 0.224 e. The fourth-order valence-corrected chi connectivity index (χ4v) is 7.08. The lowest BCUT2D eigenvalue weighted by Gasteiger charge is -2.19. The van der Waals surface area contributed by atoms with Crippen molar-refractivity contribution in [1.29, 1.82) is 0 Å². The Bertz CT molecular complexity index is 1920. The van der Waals surface area contributed by atoms with Crippen molar-refractivity contribution in [3.63, 3.8) is 0 Å². The molecule has 0 radical (unpaired) electrons. The second-order valence-electron chi connectivity index (χ2n) is 10.7. The summed E-state index contributed by atoms with van der Waals surface area (Å²) in [6, 6.07) is 25.4. The predicted molar refractivity (Wildman–Crippen MR) is 145 cm³/mol. The first kappa shape index (κ1) is 19.1. The first-order valence-electron chi connectivity index (χ1n) is 11.8. The molecule has 3 heteroatoms. The number of aryl methyl sites for hydroxylation is 2. The number of rotatable bonds is 1. The lowest BCUT2D eigenvalue weighted by molar-refractivity contribution is -0.643. The Balaban J connectivity index is 1.87. The molecule has 0 aliphatic heterocycles. The van der Waals surface area contributed by atoms with Gasteiger partial charge in [-0.25, -0.2) is 4.57 Å². The van der Waals surface area contributed by atoms with E-state index in [9.17, 15) is 0 Å². The van der Waals surface area contributed by atoms with Gasteiger partial charge in [0.05, 0.1) is 35.4 Å². The van der Waals surface area contributed by atoms with Crippen LogP contribution in [0.25, 0.3) is 59.8 Å². The third-order valence-corrected chi connectivity index (χ3v) is 9.65. The van der Waals surface area contributed by atoms with Crippen LogP contribution in [0.4, 0.5) is 0 Å². The molecule has 0 saturated heterocycles. The van der Waals surface area contributed by atoms with Gasteiger partial charge in [-0.1, -0.05) is 73.4 Å². The van der Waals surface area contributed by atoms with Crippen LogP contribution in [0.15, 0.2) is 72.9 Å². The zero-order chi connectivity index (χ0) is 22.6. The van der Waals surface area contributed by atoms with Crippen LogP contribution in [0.5, 0.6) is 0 Å². The van der Waals surface area contributed by atoms with Gasteiger partial charge in [0, 0.05) is 22.2 Å². The van der Waals surface area contributed by atoms with Crippen LogP contribution in [-0.2, 0) is 7.05 Å². The Morgan fingerprint density at radius 2 is 1.55 bits per heavy atom. The minimum Gasteiger partial charge on any atom is -0.307 e. The van der Waals surface area contributed by atoms with Crippen molar-refractivity contribution in [3.05, 3.63) is 78.5 Å². The summed E-state index contributed by atoms with van der Waals surface area (Å²) in [5.74, 6) is 0. The van der Waals surface area contributed by atoms with Crippen molar-refractivity contribution < 1.29 is 4.57 Å². The number of hydrogen-bond acceptors (Lipinski definition) is 0. The van der Waals surface area contributed by atoms with Crippen molar-refractivity contribution in [1.82, 2.24) is 4.40 Å². The van der Waals surface area contributed by atoms with E-state index in [1.54, 1.807) is 0 Å². The van der Waals surface area contributed by atoms with Crippen LogP contribution >= 0.6 is 0 Å². The van der Waals surface area contributed by atoms with Gasteiger partial charge in [0.25, 0.3) is 0 Å². The zero-order valence-corrected chi connectivity index (χ0v) is 20.8. The summed E-state index contributed by atoms with van der Waals surface area (Å²) >= 11 is 0. The molecular weight excluding hydrogens is 416 g/mol. The molecule has 0 atom stereocenters. The summed E-state index contributed by atoms with van der Waals surface area (Å²) in [7, 11) is 0.780. The number of benzene rings is 4. The monoisotopic (exact) mass is 443 g/mol. The molecule has 0 amide bonds. The standard InChI is InChI=1S/C30H27N2Si/c1-18-10-13-23-21-8-6-7-9-25(21)32-26-16-19-11-12-20(33(3,4)5)17-24(19)22-14-15-31(2)30(28(22)26)27(18)29(23)32/h6-17H,1-5H3/q+1. The fraction of sp³-hybridized carbons (Fsp3) is 0.167. The van der Waals surface area contributed by atoms with Crippen molar-refractivity contribution in [2.24, 2.45) is 7.05 Å². The third-order valence-electron chi connectivity index (χ3n) is 7.60. The largest absolute Gasteiger partial charge is 0.307 e. The molecule has 0 spiro atoms. The van der Waals surface area contributed by atoms with Crippen LogP contribution in [0.3, 0.4) is 0 Å². The number of hydrogen-bond donors (Lipinski definition) is 0. The first-order chi connectivity index (χ1) is 15.8. The van der Waals surface area contributed by atoms with Gasteiger partial charge in [0.15, 0.2) is 6.20 Å². The summed E-state index contributed by atoms with van der Waals surface area (Å²) < 4.78 is 4.84. The lowest BCUT2D eigenvalue weighted by atomic mass is 9.96. The molecule has 3 heterocycles. The van der Waals surface area contributed by atoms with E-state index in [0.29, 0.717) is 0 Å². The first-order valence-corrected chi connectivity index (χ1v) is 15.3. The highest BCUT2D eigenvalue weighted by atomic mass is 28.3. The molecule has 7 aromatic rings. The van der Waals surface area contributed by atoms with Crippen LogP contribution in [0.2, 0.25) is 19.6 Å². The van der Waals surface area contributed by atoms with E-state index >= 15 is 0 Å². The average Bonchev–Trinajstić information content (AvgIpc) is 3.13. The molecule has 4 aromatic carbocycles. The molecule has 0 N–H and O–H groups in total. The third kappa shape index (κ3) is 2.35. The van der Waals surface area contributed by atoms with Gasteiger partial charge in [-0.3, -0.25) is 0 Å². The Labute approximate surface area is 194 Å². The van der Waals surface area contributed by atoms with Crippen LogP contribution in [0.1, 0.15) is 5.56 Å². The molecule has 0 aliphatic rings. The van der Waals surface area contributed by atoms with Gasteiger partial charge >= 0.3 is 0 Å². The van der Waals surface area contributed by atoms with Crippen LogP contribution in [0, 0.1) is 6.92 Å². The molecule has 3 aromatic heterocycles. The Morgan fingerprint density at radius 3 is 2.36 bits per heavy atom. The van der Waals surface area contributed by atoms with E-state index < -0.39 is 8.07 Å². The number of aromatic nitrogens is 2. The maximum absolute atomic E-state index is 2.52. The molecule has 33 heavy (non-hydrogen) atoms. The molecule has 160 valence electrons. The van der Waals surface area contributed by atoms with Crippen LogP contribution < -0.4 is 9.75 Å². The van der Waals surface area contributed by atoms with Gasteiger partial charge in [0.1, 0.15) is 7.05 Å². The smallest absolute Gasteiger partial charge is 0.224 e. The zero-order valence-electron chi connectivity index (χ0n) is 19.8. The van der Waals surface area contributed by atoms with Crippen molar-refractivity contribution >= 4 is 73.0 Å². The summed E-state index contributed by atoms with van der Waals surface area (Å²) in [6.45, 7) is 9.55. The van der Waals surface area contributed by atoms with Crippen molar-refractivity contribution in [2.45, 2.75) is 26.6 Å². The molecule has 2 nitrogen and oxygen atoms in total. The number of para-hydroxylation sites is 1. The Kier molecular flexibility index (Phi) is 3.54. The number of pyridine rings is 2. The maximum atomic E-state index is 2.52. The van der Waals surface area contributed by atoms with Gasteiger partial charge in [-0.15, -0.1) is 0 Å². The number of fused-ring (bicyclic) bond motifs is 7. The second-order valence-corrected chi connectivity index (χ2v) is 15.7. The van der Waals surface area contributed by atoms with E-state index in [1.165, 1.54) is 70.5 Å². The highest BCUT2D eigenvalue weighted by Gasteiger charge is 2.25. The molecule has 0 unspecified atom stereocenters. The SMILES string of the molecule is Cc1ccc2c3ccccc3n3c4cc5ccc([Si](C)(C)C)cc5c5cc[n+](C)c(c1c23)c54. The van der Waals surface area contributed by atoms with E-state index in [0.717, 1.165) is 0 Å². The average molecular weight is 444 g/mol. The quantitative estimate of drug-likeness (QED) is 0.114. The van der Waals surface area contributed by atoms with Gasteiger partial charge in [0.2, 0.25) is 5.52 Å². The fourth-order valence-electron chi connectivity index (χ4n) is 5.92. The minimum absolute atomic E-state index is 1.29. The lowest BCUT2D eigenvalue weighted by Crippen LogP contribution is -2.37. The van der Waals surface area contributed by atoms with E-state index in [-0.39, 0.29) is 0 Å². The molecule has 0 fully saturated rings. The summed E-state index contributed by atoms with van der Waals surface area (Å²) in [5, 5.41) is 11.0. The molecule has 0 bridgehead atoms. The van der Waals surface area contributed by atoms with Crippen molar-refractivity contribution in [3.8, 4) is 0 Å². The predicted octanol–water partition coefficient (Wildman–Crippen LogP) is 6.82. The second kappa shape index (κ2) is 6.12. The summed E-state index contributed by atoms with van der Waals surface area (Å²) in [6.07, 6.45) is 2.25. The van der Waals surface area contributed by atoms with Crippen LogP contribution in [-0.4, -0.2) is 12.5 Å². The minimum atomic E-state index is -1.41. The van der Waals surface area contributed by atoms with E-state index in [1.807, 2.05) is 0 Å². The topological polar surface area (TPSA) is 8.29 Å². The summed E-state index contributed by atoms with van der Waals surface area (Å²) in [5.41, 5.74) is 6.59. The Morgan fingerprint density at radius 1 is 0.727 bits per heavy atom. The number of nitrogens with zero attached hydrogens (tertiary/aromatic N) is 2. The highest BCUT2D eigenvalue weighted by Crippen LogP contribution is 2.42. The van der Waals surface area contributed by atoms with Gasteiger partial charge in [-0.2, -0.15) is 0 Å². The molecule has 7 rings (SSSR count). The van der Waals surface area contributed by atoms with Crippen molar-refractivity contribution in [2.75, 3.05) is 0 Å². The van der Waals surface area contributed by atoms with Gasteiger partial charge < -0.3 is 4.40 Å². The molecule has 0 aliphatic carbocycles. The van der Waals surface area contributed by atoms with E-state index in [2.05, 4.69) is 116 Å². The van der Waals surface area contributed by atoms with Gasteiger partial charge in [-0.05, 0) is 35.4 Å². The Hall–Kier alpha value is -3.43. The summed E-state index contributed by atoms with van der Waals surface area (Å²) in [4.78, 5) is 0.